The summed E-state index contributed by atoms with van der Waals surface area (Å²) in [6.07, 6.45) is 9.75. The number of piperidine rings is 1. The molecule has 2 saturated heterocycles. The molecule has 2 aliphatic heterocycles. The van der Waals surface area contributed by atoms with Gasteiger partial charge in [-0.05, 0) is 37.0 Å². The van der Waals surface area contributed by atoms with Crippen molar-refractivity contribution in [2.24, 2.45) is 0 Å². The van der Waals surface area contributed by atoms with Crippen LogP contribution in [0.25, 0.3) is 0 Å². The first-order chi connectivity index (χ1) is 11.7. The third-order valence-corrected chi connectivity index (χ3v) is 4.98. The monoisotopic (exact) mass is 323 g/mol. The van der Waals surface area contributed by atoms with Gasteiger partial charge in [0.2, 0.25) is 11.9 Å². The highest BCUT2D eigenvalue weighted by Crippen LogP contribution is 2.34. The van der Waals surface area contributed by atoms with Crippen molar-refractivity contribution in [1.29, 1.82) is 0 Å². The Balaban J connectivity index is 1.56. The highest BCUT2D eigenvalue weighted by atomic mass is 16.2. The Morgan fingerprint density at radius 3 is 2.75 bits per heavy atom. The number of pyridine rings is 1. The number of fused-ring (bicyclic) bond motifs is 1. The topological polar surface area (TPSA) is 62.2 Å². The van der Waals surface area contributed by atoms with E-state index < -0.39 is 0 Å². The number of hydrogen-bond donors (Lipinski definition) is 0. The molecule has 6 heteroatoms. The first-order valence-corrected chi connectivity index (χ1v) is 8.46. The van der Waals surface area contributed by atoms with Crippen LogP contribution in [0.5, 0.6) is 0 Å². The lowest BCUT2D eigenvalue weighted by Gasteiger charge is -2.39. The molecule has 0 saturated carbocycles. The van der Waals surface area contributed by atoms with Crippen LogP contribution in [0.1, 0.15) is 30.4 Å². The molecule has 0 bridgehead atoms. The molecule has 2 atom stereocenters. The minimum Gasteiger partial charge on any atom is -0.336 e. The van der Waals surface area contributed by atoms with Gasteiger partial charge in [0, 0.05) is 44.3 Å². The van der Waals surface area contributed by atoms with E-state index in [1.54, 1.807) is 6.20 Å². The molecule has 2 fully saturated rings. The summed E-state index contributed by atoms with van der Waals surface area (Å²) in [5.74, 6) is 1.02. The Labute approximate surface area is 141 Å². The van der Waals surface area contributed by atoms with Crippen molar-refractivity contribution in [1.82, 2.24) is 19.9 Å². The number of carbonyl (C=O) groups is 1. The second-order valence-electron chi connectivity index (χ2n) is 6.60. The van der Waals surface area contributed by atoms with Crippen LogP contribution in [0.15, 0.2) is 36.9 Å². The molecule has 0 radical (unpaired) electrons. The number of aromatic nitrogens is 3. The molecule has 0 spiro atoms. The largest absolute Gasteiger partial charge is 0.336 e. The summed E-state index contributed by atoms with van der Waals surface area (Å²) in [4.78, 5) is 29.9. The van der Waals surface area contributed by atoms with E-state index in [2.05, 4.69) is 19.9 Å². The van der Waals surface area contributed by atoms with Gasteiger partial charge in [-0.3, -0.25) is 9.78 Å². The van der Waals surface area contributed by atoms with Crippen LogP contribution in [0.3, 0.4) is 0 Å². The highest BCUT2D eigenvalue weighted by Gasteiger charge is 2.43. The van der Waals surface area contributed by atoms with Gasteiger partial charge in [0.05, 0.1) is 12.1 Å². The molecule has 2 aliphatic rings. The van der Waals surface area contributed by atoms with Crippen molar-refractivity contribution in [2.45, 2.75) is 44.8 Å². The van der Waals surface area contributed by atoms with Crippen LogP contribution >= 0.6 is 0 Å². The zero-order valence-electron chi connectivity index (χ0n) is 13.8. The number of nitrogens with zero attached hydrogens (tertiary/aromatic N) is 5. The second-order valence-corrected chi connectivity index (χ2v) is 6.60. The molecule has 124 valence electrons. The molecule has 1 amide bonds. The minimum absolute atomic E-state index is 0.233. The summed E-state index contributed by atoms with van der Waals surface area (Å²) in [5.41, 5.74) is 2.14. The Morgan fingerprint density at radius 2 is 2.00 bits per heavy atom. The van der Waals surface area contributed by atoms with Gasteiger partial charge >= 0.3 is 0 Å². The summed E-state index contributed by atoms with van der Waals surface area (Å²) in [7, 11) is 0. The zero-order chi connectivity index (χ0) is 16.5. The van der Waals surface area contributed by atoms with E-state index in [0.29, 0.717) is 19.0 Å². The summed E-state index contributed by atoms with van der Waals surface area (Å²) >= 11 is 0. The first-order valence-electron chi connectivity index (χ1n) is 8.46. The Hall–Kier alpha value is -2.50. The van der Waals surface area contributed by atoms with Gasteiger partial charge in [0.15, 0.2) is 0 Å². The molecule has 2 aromatic heterocycles. The SMILES string of the molecule is Cc1cnc(N2CC[C@@H]3[C@H]2CCC(=O)N3Cc2cccnc2)nc1. The van der Waals surface area contributed by atoms with Crippen LogP contribution in [0.2, 0.25) is 0 Å². The van der Waals surface area contributed by atoms with Crippen molar-refractivity contribution >= 4 is 11.9 Å². The number of amides is 1. The smallest absolute Gasteiger partial charge is 0.225 e. The predicted molar refractivity (Wildman–Crippen MR) is 90.3 cm³/mol. The molecular weight excluding hydrogens is 302 g/mol. The van der Waals surface area contributed by atoms with Crippen molar-refractivity contribution in [3.8, 4) is 0 Å². The van der Waals surface area contributed by atoms with Crippen molar-refractivity contribution in [2.75, 3.05) is 11.4 Å². The predicted octanol–water partition coefficient (Wildman–Crippen LogP) is 1.95. The number of likely N-dealkylation sites (tertiary alicyclic amines) is 1. The Morgan fingerprint density at radius 1 is 1.17 bits per heavy atom. The molecule has 0 aromatic carbocycles. The van der Waals surface area contributed by atoms with Gasteiger partial charge in [-0.1, -0.05) is 6.07 Å². The molecule has 24 heavy (non-hydrogen) atoms. The average Bonchev–Trinajstić information content (AvgIpc) is 3.03. The number of rotatable bonds is 3. The maximum Gasteiger partial charge on any atom is 0.225 e. The van der Waals surface area contributed by atoms with E-state index in [1.165, 1.54) is 0 Å². The Kier molecular flexibility index (Phi) is 3.88. The minimum atomic E-state index is 0.233. The quantitative estimate of drug-likeness (QED) is 0.864. The molecule has 4 rings (SSSR count). The molecule has 0 N–H and O–H groups in total. The maximum absolute atomic E-state index is 12.5. The molecule has 2 aromatic rings. The second kappa shape index (κ2) is 6.19. The lowest BCUT2D eigenvalue weighted by molar-refractivity contribution is -0.137. The van der Waals surface area contributed by atoms with Crippen LogP contribution in [0, 0.1) is 6.92 Å². The Bertz CT molecular complexity index is 718. The molecule has 6 nitrogen and oxygen atoms in total. The fourth-order valence-electron chi connectivity index (χ4n) is 3.83. The normalized spacial score (nSPS) is 23.5. The number of carbonyl (C=O) groups excluding carboxylic acids is 1. The lowest BCUT2D eigenvalue weighted by atomic mass is 9.96. The van der Waals surface area contributed by atoms with Crippen molar-refractivity contribution in [3.05, 3.63) is 48.0 Å². The summed E-state index contributed by atoms with van der Waals surface area (Å²) in [6, 6.07) is 4.49. The summed E-state index contributed by atoms with van der Waals surface area (Å²) < 4.78 is 0. The average molecular weight is 323 g/mol. The van der Waals surface area contributed by atoms with Crippen molar-refractivity contribution in [3.63, 3.8) is 0 Å². The number of anilines is 1. The standard InChI is InChI=1S/C18H21N5O/c1-13-9-20-18(21-10-13)22-8-6-16-15(22)4-5-17(24)23(16)12-14-3-2-7-19-11-14/h2-3,7,9-11,15-16H,4-6,8,12H2,1H3/t15-,16-/m1/s1. The number of hydrogen-bond acceptors (Lipinski definition) is 5. The van der Waals surface area contributed by atoms with Gasteiger partial charge in [0.1, 0.15) is 0 Å². The van der Waals surface area contributed by atoms with Crippen LogP contribution in [-0.2, 0) is 11.3 Å². The highest BCUT2D eigenvalue weighted by molar-refractivity contribution is 5.78. The number of aryl methyl sites for hydroxylation is 1. The van der Waals surface area contributed by atoms with Gasteiger partial charge in [-0.15, -0.1) is 0 Å². The van der Waals surface area contributed by atoms with E-state index >= 15 is 0 Å². The van der Waals surface area contributed by atoms with Gasteiger partial charge in [0.25, 0.3) is 0 Å². The van der Waals surface area contributed by atoms with Gasteiger partial charge in [-0.2, -0.15) is 0 Å². The lowest BCUT2D eigenvalue weighted by Crippen LogP contribution is -2.52. The van der Waals surface area contributed by atoms with E-state index in [-0.39, 0.29) is 11.9 Å². The van der Waals surface area contributed by atoms with E-state index in [9.17, 15) is 4.79 Å². The first kappa shape index (κ1) is 15.1. The van der Waals surface area contributed by atoms with Crippen LogP contribution < -0.4 is 4.90 Å². The van der Waals surface area contributed by atoms with Crippen molar-refractivity contribution < 1.29 is 4.79 Å². The maximum atomic E-state index is 12.5. The van der Waals surface area contributed by atoms with Crippen LogP contribution in [-0.4, -0.2) is 44.4 Å². The summed E-state index contributed by atoms with van der Waals surface area (Å²) in [5, 5.41) is 0. The van der Waals surface area contributed by atoms with Crippen LogP contribution in [0.4, 0.5) is 5.95 Å². The fourth-order valence-corrected chi connectivity index (χ4v) is 3.83. The van der Waals surface area contributed by atoms with Gasteiger partial charge < -0.3 is 9.80 Å². The molecule has 0 aliphatic carbocycles. The summed E-state index contributed by atoms with van der Waals surface area (Å²) in [6.45, 7) is 3.52. The molecule has 4 heterocycles. The molecule has 0 unspecified atom stereocenters. The zero-order valence-corrected chi connectivity index (χ0v) is 13.8. The molecular formula is C18H21N5O. The van der Waals surface area contributed by atoms with E-state index in [1.807, 2.05) is 42.5 Å². The van der Waals surface area contributed by atoms with E-state index in [0.717, 1.165) is 36.5 Å². The third-order valence-electron chi connectivity index (χ3n) is 4.98. The van der Waals surface area contributed by atoms with E-state index in [4.69, 9.17) is 0 Å². The van der Waals surface area contributed by atoms with Gasteiger partial charge in [-0.25, -0.2) is 9.97 Å². The third kappa shape index (κ3) is 2.72. The fraction of sp³-hybridized carbons (Fsp3) is 0.444.